The highest BCUT2D eigenvalue weighted by Crippen LogP contribution is 2.51. The zero-order chi connectivity index (χ0) is 14.4. The molecule has 0 amide bonds. The number of ether oxygens (including phenoxy) is 3. The van der Waals surface area contributed by atoms with Gasteiger partial charge in [-0.25, -0.2) is 4.98 Å². The highest BCUT2D eigenvalue weighted by molar-refractivity contribution is 6.31. The number of rotatable bonds is 1. The van der Waals surface area contributed by atoms with Gasteiger partial charge in [0.25, 0.3) is 0 Å². The Morgan fingerprint density at radius 2 is 1.81 bits per heavy atom. The summed E-state index contributed by atoms with van der Waals surface area (Å²) in [6.07, 6.45) is 0. The van der Waals surface area contributed by atoms with Crippen molar-refractivity contribution in [1.29, 1.82) is 0 Å². The van der Waals surface area contributed by atoms with Crippen molar-refractivity contribution in [1.82, 2.24) is 4.98 Å². The predicted octanol–water partition coefficient (Wildman–Crippen LogP) is 4.79. The van der Waals surface area contributed by atoms with E-state index in [4.69, 9.17) is 25.8 Å². The first-order chi connectivity index (χ1) is 10.3. The fraction of sp³-hybridized carbons (Fsp3) is 0.0625. The number of hydrogen-bond acceptors (Lipinski definition) is 4. The standard InChI is InChI=1S/C16H10ClNO3/c1-19-9-6-7-12-13(8-9)21-14-10-4-2-3-5-11(10)18-16(17)15(14)20-12/h2-8H,1H3. The van der Waals surface area contributed by atoms with Crippen LogP contribution in [0.5, 0.6) is 28.7 Å². The summed E-state index contributed by atoms with van der Waals surface area (Å²) in [5, 5.41) is 1.13. The summed E-state index contributed by atoms with van der Waals surface area (Å²) in [6.45, 7) is 0. The zero-order valence-electron chi connectivity index (χ0n) is 11.1. The average Bonchev–Trinajstić information content (AvgIpc) is 2.53. The van der Waals surface area contributed by atoms with Gasteiger partial charge in [-0.15, -0.1) is 0 Å². The SMILES string of the molecule is COc1ccc2c(c1)Oc1c(c(Cl)nc3ccccc13)O2. The summed E-state index contributed by atoms with van der Waals surface area (Å²) in [7, 11) is 1.61. The lowest BCUT2D eigenvalue weighted by molar-refractivity contribution is 0.355. The van der Waals surface area contributed by atoms with Gasteiger partial charge in [-0.1, -0.05) is 23.7 Å². The van der Waals surface area contributed by atoms with Crippen molar-refractivity contribution in [3.8, 4) is 28.7 Å². The van der Waals surface area contributed by atoms with Gasteiger partial charge in [-0.3, -0.25) is 0 Å². The molecule has 0 saturated carbocycles. The molecule has 0 fully saturated rings. The third-order valence-electron chi connectivity index (χ3n) is 3.34. The maximum atomic E-state index is 6.21. The molecule has 4 rings (SSSR count). The Balaban J connectivity index is 1.94. The largest absolute Gasteiger partial charge is 0.497 e. The van der Waals surface area contributed by atoms with Crippen molar-refractivity contribution >= 4 is 22.5 Å². The molecule has 0 spiro atoms. The van der Waals surface area contributed by atoms with Crippen LogP contribution in [-0.4, -0.2) is 12.1 Å². The van der Waals surface area contributed by atoms with Crippen molar-refractivity contribution in [2.24, 2.45) is 0 Å². The molecule has 4 nitrogen and oxygen atoms in total. The molecule has 0 aliphatic carbocycles. The first kappa shape index (κ1) is 12.3. The summed E-state index contributed by atoms with van der Waals surface area (Å²) in [4.78, 5) is 4.33. The van der Waals surface area contributed by atoms with E-state index in [9.17, 15) is 0 Å². The molecule has 1 aliphatic rings. The quantitative estimate of drug-likeness (QED) is 0.474. The maximum Gasteiger partial charge on any atom is 0.208 e. The van der Waals surface area contributed by atoms with E-state index in [0.29, 0.717) is 28.7 Å². The highest BCUT2D eigenvalue weighted by atomic mass is 35.5. The Morgan fingerprint density at radius 1 is 1.00 bits per heavy atom. The Hall–Kier alpha value is -2.46. The van der Waals surface area contributed by atoms with Gasteiger partial charge in [0.05, 0.1) is 12.6 Å². The van der Waals surface area contributed by atoms with Crippen LogP contribution in [0.2, 0.25) is 5.15 Å². The Kier molecular flexibility index (Phi) is 2.65. The van der Waals surface area contributed by atoms with E-state index in [1.807, 2.05) is 24.3 Å². The number of para-hydroxylation sites is 1. The molecule has 2 aromatic carbocycles. The number of benzene rings is 2. The Bertz CT molecular complexity index is 864. The second kappa shape index (κ2) is 4.53. The van der Waals surface area contributed by atoms with Gasteiger partial charge in [0, 0.05) is 11.5 Å². The number of methoxy groups -OCH3 is 1. The van der Waals surface area contributed by atoms with Crippen LogP contribution in [0.25, 0.3) is 10.9 Å². The van der Waals surface area contributed by atoms with Crippen molar-refractivity contribution in [3.05, 3.63) is 47.6 Å². The number of fused-ring (bicyclic) bond motifs is 4. The summed E-state index contributed by atoms with van der Waals surface area (Å²) in [6, 6.07) is 13.0. The van der Waals surface area contributed by atoms with Gasteiger partial charge in [0.1, 0.15) is 5.75 Å². The van der Waals surface area contributed by atoms with E-state index in [1.54, 1.807) is 25.3 Å². The topological polar surface area (TPSA) is 40.6 Å². The summed E-state index contributed by atoms with van der Waals surface area (Å²) in [5.74, 6) is 2.89. The van der Waals surface area contributed by atoms with Crippen LogP contribution in [-0.2, 0) is 0 Å². The molecule has 3 aromatic rings. The van der Waals surface area contributed by atoms with Crippen LogP contribution >= 0.6 is 11.6 Å². The molecule has 0 unspecified atom stereocenters. The smallest absolute Gasteiger partial charge is 0.208 e. The van der Waals surface area contributed by atoms with E-state index in [1.165, 1.54) is 0 Å². The zero-order valence-corrected chi connectivity index (χ0v) is 11.8. The fourth-order valence-corrected chi connectivity index (χ4v) is 2.54. The molecule has 0 radical (unpaired) electrons. The molecule has 1 aromatic heterocycles. The van der Waals surface area contributed by atoms with Gasteiger partial charge < -0.3 is 14.2 Å². The van der Waals surface area contributed by atoms with Crippen LogP contribution < -0.4 is 14.2 Å². The van der Waals surface area contributed by atoms with E-state index >= 15 is 0 Å². The van der Waals surface area contributed by atoms with E-state index in [-0.39, 0.29) is 5.15 Å². The van der Waals surface area contributed by atoms with Crippen LogP contribution in [0.1, 0.15) is 0 Å². The molecular formula is C16H10ClNO3. The van der Waals surface area contributed by atoms with Crippen molar-refractivity contribution < 1.29 is 14.2 Å². The van der Waals surface area contributed by atoms with Crippen LogP contribution in [0.15, 0.2) is 42.5 Å². The third kappa shape index (κ3) is 1.87. The van der Waals surface area contributed by atoms with E-state index in [2.05, 4.69) is 4.98 Å². The molecule has 5 heteroatoms. The molecule has 21 heavy (non-hydrogen) atoms. The Labute approximate surface area is 125 Å². The number of hydrogen-bond donors (Lipinski definition) is 0. The molecule has 1 aliphatic heterocycles. The minimum absolute atomic E-state index is 0.283. The summed E-state index contributed by atoms with van der Waals surface area (Å²) in [5.41, 5.74) is 0.760. The van der Waals surface area contributed by atoms with Gasteiger partial charge in [-0.05, 0) is 24.3 Å². The number of nitrogens with zero attached hydrogens (tertiary/aromatic N) is 1. The fourth-order valence-electron chi connectivity index (χ4n) is 2.32. The number of aromatic nitrogens is 1. The number of halogens is 1. The summed E-state index contributed by atoms with van der Waals surface area (Å²) < 4.78 is 17.0. The van der Waals surface area contributed by atoms with Gasteiger partial charge in [0.15, 0.2) is 22.4 Å². The van der Waals surface area contributed by atoms with Crippen molar-refractivity contribution in [2.75, 3.05) is 7.11 Å². The monoisotopic (exact) mass is 299 g/mol. The van der Waals surface area contributed by atoms with E-state index < -0.39 is 0 Å². The summed E-state index contributed by atoms with van der Waals surface area (Å²) >= 11 is 6.21. The number of pyridine rings is 1. The molecule has 2 heterocycles. The lowest BCUT2D eigenvalue weighted by atomic mass is 10.2. The lowest BCUT2D eigenvalue weighted by Gasteiger charge is -2.22. The predicted molar refractivity (Wildman–Crippen MR) is 79.9 cm³/mol. The van der Waals surface area contributed by atoms with E-state index in [0.717, 1.165) is 10.9 Å². The first-order valence-corrected chi connectivity index (χ1v) is 6.76. The van der Waals surface area contributed by atoms with Crippen LogP contribution in [0.3, 0.4) is 0 Å². The minimum Gasteiger partial charge on any atom is -0.497 e. The molecule has 0 saturated heterocycles. The maximum absolute atomic E-state index is 6.21. The van der Waals surface area contributed by atoms with Crippen molar-refractivity contribution in [2.45, 2.75) is 0 Å². The molecule has 104 valence electrons. The second-order valence-corrected chi connectivity index (χ2v) is 4.95. The van der Waals surface area contributed by atoms with Gasteiger partial charge in [0.2, 0.25) is 5.75 Å². The average molecular weight is 300 g/mol. The minimum atomic E-state index is 0.283. The first-order valence-electron chi connectivity index (χ1n) is 6.38. The molecule has 0 atom stereocenters. The second-order valence-electron chi connectivity index (χ2n) is 4.59. The highest BCUT2D eigenvalue weighted by Gasteiger charge is 2.25. The normalized spacial score (nSPS) is 12.1. The Morgan fingerprint density at radius 3 is 2.67 bits per heavy atom. The van der Waals surface area contributed by atoms with Crippen molar-refractivity contribution in [3.63, 3.8) is 0 Å². The third-order valence-corrected chi connectivity index (χ3v) is 3.59. The lowest BCUT2D eigenvalue weighted by Crippen LogP contribution is -2.02. The van der Waals surface area contributed by atoms with Crippen LogP contribution in [0, 0.1) is 0 Å². The van der Waals surface area contributed by atoms with Crippen LogP contribution in [0.4, 0.5) is 0 Å². The molecular weight excluding hydrogens is 290 g/mol. The van der Waals surface area contributed by atoms with Gasteiger partial charge >= 0.3 is 0 Å². The van der Waals surface area contributed by atoms with Gasteiger partial charge in [-0.2, -0.15) is 0 Å². The molecule has 0 N–H and O–H groups in total. The molecule has 0 bridgehead atoms.